The van der Waals surface area contributed by atoms with Crippen LogP contribution in [0.3, 0.4) is 0 Å². The third-order valence-corrected chi connectivity index (χ3v) is 4.22. The minimum atomic E-state index is -0.299. The van der Waals surface area contributed by atoms with Crippen LogP contribution in [0.2, 0.25) is 0 Å². The normalized spacial score (nSPS) is 29.4. The molecule has 0 radical (unpaired) electrons. The second-order valence-electron chi connectivity index (χ2n) is 5.48. The SMILES string of the molecule is CC1NNNC1C(=O)N1CCc2ccc(F)cc2C1C. The minimum Gasteiger partial charge on any atom is -0.334 e. The monoisotopic (exact) mass is 278 g/mol. The summed E-state index contributed by atoms with van der Waals surface area (Å²) in [5, 5.41) is 0. The standard InChI is InChI=1S/C14H19FN4O/c1-8-13(17-18-16-8)14(20)19-6-5-10-3-4-11(15)7-12(10)9(19)2/h3-4,7-9,13,16-18H,5-6H2,1-2H3. The fourth-order valence-corrected chi connectivity index (χ4v) is 2.98. The van der Waals surface area contributed by atoms with Crippen LogP contribution in [0.1, 0.15) is 31.0 Å². The number of nitrogens with one attached hydrogen (secondary N) is 3. The molecule has 1 aromatic rings. The first kappa shape index (κ1) is 13.5. The predicted octanol–water partition coefficient (Wildman–Crippen LogP) is 0.641. The van der Waals surface area contributed by atoms with Gasteiger partial charge in [0.2, 0.25) is 5.91 Å². The van der Waals surface area contributed by atoms with E-state index in [1.165, 1.54) is 6.07 Å². The zero-order valence-corrected chi connectivity index (χ0v) is 11.6. The van der Waals surface area contributed by atoms with Crippen LogP contribution >= 0.6 is 0 Å². The molecule has 0 spiro atoms. The van der Waals surface area contributed by atoms with Gasteiger partial charge in [-0.15, -0.1) is 0 Å². The molecule has 0 aromatic heterocycles. The molecule has 3 N–H and O–H groups in total. The number of carbonyl (C=O) groups is 1. The van der Waals surface area contributed by atoms with Gasteiger partial charge in [0.1, 0.15) is 11.9 Å². The molecule has 2 aliphatic rings. The Morgan fingerprint density at radius 1 is 1.35 bits per heavy atom. The average Bonchev–Trinajstić information content (AvgIpc) is 2.85. The van der Waals surface area contributed by atoms with Gasteiger partial charge in [0.25, 0.3) is 0 Å². The van der Waals surface area contributed by atoms with E-state index < -0.39 is 0 Å². The van der Waals surface area contributed by atoms with Crippen molar-refractivity contribution in [3.63, 3.8) is 0 Å². The van der Waals surface area contributed by atoms with Crippen LogP contribution in [0.25, 0.3) is 0 Å². The summed E-state index contributed by atoms with van der Waals surface area (Å²) in [6, 6.07) is 4.47. The number of hydrazine groups is 2. The largest absolute Gasteiger partial charge is 0.334 e. The maximum atomic E-state index is 13.4. The highest BCUT2D eigenvalue weighted by molar-refractivity contribution is 5.83. The summed E-state index contributed by atoms with van der Waals surface area (Å²) in [4.78, 5) is 14.4. The Morgan fingerprint density at radius 2 is 2.15 bits per heavy atom. The summed E-state index contributed by atoms with van der Waals surface area (Å²) in [5.74, 6) is -0.210. The fraction of sp³-hybridized carbons (Fsp3) is 0.500. The summed E-state index contributed by atoms with van der Waals surface area (Å²) in [7, 11) is 0. The molecule has 20 heavy (non-hydrogen) atoms. The Morgan fingerprint density at radius 3 is 2.85 bits per heavy atom. The van der Waals surface area contributed by atoms with Crippen LogP contribution in [0.5, 0.6) is 0 Å². The maximum absolute atomic E-state index is 13.4. The molecule has 0 saturated carbocycles. The van der Waals surface area contributed by atoms with Gasteiger partial charge in [0.15, 0.2) is 0 Å². The van der Waals surface area contributed by atoms with Crippen LogP contribution in [0.4, 0.5) is 4.39 Å². The number of hydrogen-bond donors (Lipinski definition) is 3. The van der Waals surface area contributed by atoms with Gasteiger partial charge in [-0.1, -0.05) is 6.07 Å². The smallest absolute Gasteiger partial charge is 0.243 e. The zero-order chi connectivity index (χ0) is 14.3. The zero-order valence-electron chi connectivity index (χ0n) is 11.6. The summed E-state index contributed by atoms with van der Waals surface area (Å²) >= 11 is 0. The van der Waals surface area contributed by atoms with Gasteiger partial charge in [-0.3, -0.25) is 4.79 Å². The molecule has 0 bridgehead atoms. The quantitative estimate of drug-likeness (QED) is 0.706. The topological polar surface area (TPSA) is 56.4 Å². The average molecular weight is 278 g/mol. The molecule has 1 fully saturated rings. The summed E-state index contributed by atoms with van der Waals surface area (Å²) in [5.41, 5.74) is 10.7. The molecule has 1 saturated heterocycles. The Balaban J connectivity index is 1.84. The number of nitrogens with zero attached hydrogens (tertiary/aromatic N) is 1. The van der Waals surface area contributed by atoms with E-state index in [0.29, 0.717) is 6.54 Å². The van der Waals surface area contributed by atoms with Crippen LogP contribution in [0.15, 0.2) is 18.2 Å². The molecule has 108 valence electrons. The number of benzene rings is 1. The van der Waals surface area contributed by atoms with E-state index in [0.717, 1.165) is 17.5 Å². The van der Waals surface area contributed by atoms with Crippen LogP contribution < -0.4 is 16.4 Å². The van der Waals surface area contributed by atoms with Crippen LogP contribution in [-0.2, 0) is 11.2 Å². The van der Waals surface area contributed by atoms with Crippen molar-refractivity contribution in [3.8, 4) is 0 Å². The Labute approximate surface area is 117 Å². The molecule has 3 rings (SSSR count). The molecular weight excluding hydrogens is 259 g/mol. The Bertz CT molecular complexity index is 536. The molecule has 3 unspecified atom stereocenters. The number of halogens is 1. The molecule has 2 aliphatic heterocycles. The second kappa shape index (κ2) is 5.12. The van der Waals surface area contributed by atoms with E-state index >= 15 is 0 Å². The van der Waals surface area contributed by atoms with Gasteiger partial charge in [-0.2, -0.15) is 5.53 Å². The van der Waals surface area contributed by atoms with Crippen LogP contribution in [-0.4, -0.2) is 29.4 Å². The van der Waals surface area contributed by atoms with Gasteiger partial charge < -0.3 is 4.90 Å². The summed E-state index contributed by atoms with van der Waals surface area (Å²) < 4.78 is 13.4. The summed E-state index contributed by atoms with van der Waals surface area (Å²) in [6.45, 7) is 4.57. The molecule has 2 heterocycles. The predicted molar refractivity (Wildman–Crippen MR) is 72.9 cm³/mol. The molecule has 1 amide bonds. The lowest BCUT2D eigenvalue weighted by atomic mass is 9.92. The van der Waals surface area contributed by atoms with Crippen molar-refractivity contribution >= 4 is 5.91 Å². The first-order valence-corrected chi connectivity index (χ1v) is 6.93. The van der Waals surface area contributed by atoms with Gasteiger partial charge in [-0.25, -0.2) is 15.2 Å². The van der Waals surface area contributed by atoms with E-state index in [9.17, 15) is 9.18 Å². The third-order valence-electron chi connectivity index (χ3n) is 4.22. The lowest BCUT2D eigenvalue weighted by Crippen LogP contribution is -2.51. The first-order chi connectivity index (χ1) is 9.58. The lowest BCUT2D eigenvalue weighted by molar-refractivity contribution is -0.136. The molecule has 5 nitrogen and oxygen atoms in total. The van der Waals surface area contributed by atoms with Gasteiger partial charge in [-0.05, 0) is 43.5 Å². The van der Waals surface area contributed by atoms with Crippen molar-refractivity contribution in [2.75, 3.05) is 6.54 Å². The first-order valence-electron chi connectivity index (χ1n) is 6.93. The number of fused-ring (bicyclic) bond motifs is 1. The number of rotatable bonds is 1. The maximum Gasteiger partial charge on any atom is 0.243 e. The summed E-state index contributed by atoms with van der Waals surface area (Å²) in [6.07, 6.45) is 0.771. The number of amides is 1. The molecule has 3 atom stereocenters. The van der Waals surface area contributed by atoms with E-state index in [-0.39, 0.29) is 29.8 Å². The van der Waals surface area contributed by atoms with Gasteiger partial charge in [0, 0.05) is 12.6 Å². The van der Waals surface area contributed by atoms with Crippen LogP contribution in [0, 0.1) is 5.82 Å². The lowest BCUT2D eigenvalue weighted by Gasteiger charge is -2.37. The molecule has 6 heteroatoms. The van der Waals surface area contributed by atoms with Gasteiger partial charge >= 0.3 is 0 Å². The highest BCUT2D eigenvalue weighted by atomic mass is 19.1. The van der Waals surface area contributed by atoms with Crippen molar-refractivity contribution in [2.45, 2.75) is 38.4 Å². The second-order valence-corrected chi connectivity index (χ2v) is 5.48. The van der Waals surface area contributed by atoms with E-state index in [1.54, 1.807) is 6.07 Å². The Kier molecular flexibility index (Phi) is 3.45. The van der Waals surface area contributed by atoms with Crippen molar-refractivity contribution in [1.82, 2.24) is 21.3 Å². The molecular formula is C14H19FN4O. The third kappa shape index (κ3) is 2.19. The fourth-order valence-electron chi connectivity index (χ4n) is 2.98. The van der Waals surface area contributed by atoms with Crippen molar-refractivity contribution < 1.29 is 9.18 Å². The van der Waals surface area contributed by atoms with E-state index in [2.05, 4.69) is 16.4 Å². The van der Waals surface area contributed by atoms with Crippen molar-refractivity contribution in [2.24, 2.45) is 0 Å². The van der Waals surface area contributed by atoms with E-state index in [1.807, 2.05) is 24.8 Å². The number of carbonyl (C=O) groups excluding carboxylic acids is 1. The molecule has 1 aromatic carbocycles. The minimum absolute atomic E-state index is 0.0172. The van der Waals surface area contributed by atoms with Crippen molar-refractivity contribution in [3.05, 3.63) is 35.1 Å². The Hall–Kier alpha value is -1.50. The highest BCUT2D eigenvalue weighted by Gasteiger charge is 2.36. The molecule has 0 aliphatic carbocycles. The van der Waals surface area contributed by atoms with Gasteiger partial charge in [0.05, 0.1) is 6.04 Å². The van der Waals surface area contributed by atoms with Crippen molar-refractivity contribution in [1.29, 1.82) is 0 Å². The highest BCUT2D eigenvalue weighted by Crippen LogP contribution is 2.30. The van der Waals surface area contributed by atoms with E-state index in [4.69, 9.17) is 0 Å². The number of hydrogen-bond acceptors (Lipinski definition) is 4.